The third-order valence-electron chi connectivity index (χ3n) is 1.82. The third-order valence-corrected chi connectivity index (χ3v) is 2.04. The fourth-order valence-electron chi connectivity index (χ4n) is 1.18. The second kappa shape index (κ2) is 4.09. The zero-order valence-electron chi connectivity index (χ0n) is 7.40. The molecule has 2 N–H and O–H groups in total. The largest absolute Gasteiger partial charge is 0.417 e. The second-order valence-electron chi connectivity index (χ2n) is 2.80. The van der Waals surface area contributed by atoms with Crippen molar-refractivity contribution in [3.05, 3.63) is 33.8 Å². The molecule has 0 fully saturated rings. The predicted molar refractivity (Wildman–Crippen MR) is 49.1 cm³/mol. The summed E-state index contributed by atoms with van der Waals surface area (Å²) in [6, 6.07) is 3.47. The molecule has 0 bridgehead atoms. The standard InChI is InChI=1S/C9H6ClF3N2/c10-6-1-5(3-14)7(4-15)8(2-6)9(11,12)13/h1-2H,3,14H2. The SMILES string of the molecule is N#Cc1c(CN)cc(Cl)cc1C(F)(F)F. The summed E-state index contributed by atoms with van der Waals surface area (Å²) in [5.74, 6) is 0. The van der Waals surface area contributed by atoms with Gasteiger partial charge in [0.1, 0.15) is 6.07 Å². The maximum Gasteiger partial charge on any atom is 0.417 e. The number of hydrogen-bond donors (Lipinski definition) is 1. The first-order valence-electron chi connectivity index (χ1n) is 3.90. The average Bonchev–Trinajstić information content (AvgIpc) is 2.15. The molecule has 0 saturated carbocycles. The number of nitrogens with two attached hydrogens (primary N) is 1. The minimum Gasteiger partial charge on any atom is -0.326 e. The van der Waals surface area contributed by atoms with Crippen LogP contribution in [0.25, 0.3) is 0 Å². The van der Waals surface area contributed by atoms with E-state index in [1.165, 1.54) is 12.1 Å². The molecule has 0 saturated heterocycles. The normalized spacial score (nSPS) is 11.2. The molecule has 1 rings (SSSR count). The highest BCUT2D eigenvalue weighted by atomic mass is 35.5. The molecule has 0 unspecified atom stereocenters. The molecule has 0 atom stereocenters. The smallest absolute Gasteiger partial charge is 0.326 e. The zero-order valence-corrected chi connectivity index (χ0v) is 8.15. The Balaban J connectivity index is 3.51. The van der Waals surface area contributed by atoms with Gasteiger partial charge in [-0.1, -0.05) is 11.6 Å². The molecular formula is C9H6ClF3N2. The van der Waals surface area contributed by atoms with Gasteiger partial charge in [-0.2, -0.15) is 18.4 Å². The molecule has 0 aromatic heterocycles. The highest BCUT2D eigenvalue weighted by molar-refractivity contribution is 6.30. The number of rotatable bonds is 1. The zero-order chi connectivity index (χ0) is 11.6. The molecule has 80 valence electrons. The van der Waals surface area contributed by atoms with E-state index in [4.69, 9.17) is 22.6 Å². The van der Waals surface area contributed by atoms with Gasteiger partial charge in [0.2, 0.25) is 0 Å². The molecule has 0 spiro atoms. The summed E-state index contributed by atoms with van der Waals surface area (Å²) in [7, 11) is 0. The van der Waals surface area contributed by atoms with Gasteiger partial charge in [-0.25, -0.2) is 0 Å². The molecule has 0 aliphatic rings. The Kier molecular flexibility index (Phi) is 3.22. The van der Waals surface area contributed by atoms with Crippen LogP contribution >= 0.6 is 11.6 Å². The number of benzene rings is 1. The summed E-state index contributed by atoms with van der Waals surface area (Å²) in [4.78, 5) is 0. The van der Waals surface area contributed by atoms with Crippen LogP contribution in [0.2, 0.25) is 5.02 Å². The first-order valence-corrected chi connectivity index (χ1v) is 4.27. The first kappa shape index (κ1) is 11.8. The maximum atomic E-state index is 12.5. The number of hydrogen-bond acceptors (Lipinski definition) is 2. The Bertz CT molecular complexity index is 421. The Labute approximate surface area is 89.1 Å². The highest BCUT2D eigenvalue weighted by Gasteiger charge is 2.34. The van der Waals surface area contributed by atoms with Crippen LogP contribution in [0.1, 0.15) is 16.7 Å². The molecule has 1 aromatic rings. The minimum absolute atomic E-state index is 0.0817. The first-order chi connectivity index (χ1) is 6.90. The van der Waals surface area contributed by atoms with E-state index in [0.29, 0.717) is 0 Å². The fraction of sp³-hybridized carbons (Fsp3) is 0.222. The van der Waals surface area contributed by atoms with E-state index in [0.717, 1.165) is 6.07 Å². The maximum absolute atomic E-state index is 12.5. The van der Waals surface area contributed by atoms with E-state index in [-0.39, 0.29) is 17.1 Å². The van der Waals surface area contributed by atoms with Crippen molar-refractivity contribution in [3.63, 3.8) is 0 Å². The molecule has 0 radical (unpaired) electrons. The summed E-state index contributed by atoms with van der Waals surface area (Å²) in [5.41, 5.74) is 3.82. The monoisotopic (exact) mass is 234 g/mol. The van der Waals surface area contributed by atoms with Crippen molar-refractivity contribution >= 4 is 11.6 Å². The van der Waals surface area contributed by atoms with Crippen molar-refractivity contribution in [3.8, 4) is 6.07 Å². The Morgan fingerprint density at radius 3 is 2.40 bits per heavy atom. The molecular weight excluding hydrogens is 229 g/mol. The predicted octanol–water partition coefficient (Wildman–Crippen LogP) is 2.69. The van der Waals surface area contributed by atoms with Gasteiger partial charge in [0.05, 0.1) is 11.1 Å². The number of nitrogens with zero attached hydrogens (tertiary/aromatic N) is 1. The van der Waals surface area contributed by atoms with Crippen molar-refractivity contribution < 1.29 is 13.2 Å². The van der Waals surface area contributed by atoms with Crippen LogP contribution in [0, 0.1) is 11.3 Å². The fourth-order valence-corrected chi connectivity index (χ4v) is 1.42. The number of halogens is 4. The van der Waals surface area contributed by atoms with E-state index in [2.05, 4.69) is 0 Å². The van der Waals surface area contributed by atoms with Crippen LogP contribution in [0.5, 0.6) is 0 Å². The van der Waals surface area contributed by atoms with Gasteiger partial charge in [-0.3, -0.25) is 0 Å². The lowest BCUT2D eigenvalue weighted by atomic mass is 10.0. The van der Waals surface area contributed by atoms with E-state index < -0.39 is 17.3 Å². The van der Waals surface area contributed by atoms with Crippen LogP contribution < -0.4 is 5.73 Å². The van der Waals surface area contributed by atoms with Crippen LogP contribution in [-0.2, 0) is 12.7 Å². The minimum atomic E-state index is -4.60. The summed E-state index contributed by atoms with van der Waals surface area (Å²) in [5, 5.41) is 8.55. The lowest BCUT2D eigenvalue weighted by Crippen LogP contribution is -2.11. The third kappa shape index (κ3) is 2.41. The van der Waals surface area contributed by atoms with Crippen LogP contribution in [0.15, 0.2) is 12.1 Å². The molecule has 1 aromatic carbocycles. The topological polar surface area (TPSA) is 49.8 Å². The van der Waals surface area contributed by atoms with Crippen molar-refractivity contribution in [2.24, 2.45) is 5.73 Å². The second-order valence-corrected chi connectivity index (χ2v) is 3.24. The molecule has 15 heavy (non-hydrogen) atoms. The summed E-state index contributed by atoms with van der Waals surface area (Å²) < 4.78 is 37.4. The van der Waals surface area contributed by atoms with E-state index >= 15 is 0 Å². The van der Waals surface area contributed by atoms with Gasteiger partial charge < -0.3 is 5.73 Å². The molecule has 0 aliphatic heterocycles. The van der Waals surface area contributed by atoms with Crippen LogP contribution in [0.4, 0.5) is 13.2 Å². The summed E-state index contributed by atoms with van der Waals surface area (Å²) in [6.45, 7) is -0.160. The summed E-state index contributed by atoms with van der Waals surface area (Å²) in [6.07, 6.45) is -4.60. The van der Waals surface area contributed by atoms with Gasteiger partial charge in [0.15, 0.2) is 0 Å². The van der Waals surface area contributed by atoms with E-state index in [9.17, 15) is 13.2 Å². The molecule has 0 heterocycles. The Morgan fingerprint density at radius 2 is 2.00 bits per heavy atom. The number of nitriles is 1. The lowest BCUT2D eigenvalue weighted by molar-refractivity contribution is -0.137. The highest BCUT2D eigenvalue weighted by Crippen LogP contribution is 2.35. The van der Waals surface area contributed by atoms with E-state index in [1.54, 1.807) is 0 Å². The summed E-state index contributed by atoms with van der Waals surface area (Å²) >= 11 is 5.50. The van der Waals surface area contributed by atoms with Gasteiger partial charge in [-0.15, -0.1) is 0 Å². The molecule has 6 heteroatoms. The van der Waals surface area contributed by atoms with Crippen LogP contribution in [-0.4, -0.2) is 0 Å². The molecule has 0 aliphatic carbocycles. The van der Waals surface area contributed by atoms with Gasteiger partial charge >= 0.3 is 6.18 Å². The quantitative estimate of drug-likeness (QED) is 0.812. The lowest BCUT2D eigenvalue weighted by Gasteiger charge is -2.11. The molecule has 2 nitrogen and oxygen atoms in total. The van der Waals surface area contributed by atoms with Gasteiger partial charge in [-0.05, 0) is 17.7 Å². The molecule has 0 amide bonds. The Morgan fingerprint density at radius 1 is 1.40 bits per heavy atom. The van der Waals surface area contributed by atoms with Gasteiger partial charge in [0, 0.05) is 11.6 Å². The van der Waals surface area contributed by atoms with Crippen molar-refractivity contribution in [1.82, 2.24) is 0 Å². The number of alkyl halides is 3. The average molecular weight is 235 g/mol. The van der Waals surface area contributed by atoms with Crippen molar-refractivity contribution in [2.45, 2.75) is 12.7 Å². The van der Waals surface area contributed by atoms with Crippen LogP contribution in [0.3, 0.4) is 0 Å². The Hall–Kier alpha value is -1.25. The van der Waals surface area contributed by atoms with Crippen molar-refractivity contribution in [2.75, 3.05) is 0 Å². The van der Waals surface area contributed by atoms with Crippen molar-refractivity contribution in [1.29, 1.82) is 5.26 Å². The van der Waals surface area contributed by atoms with Gasteiger partial charge in [0.25, 0.3) is 0 Å². The van der Waals surface area contributed by atoms with E-state index in [1.807, 2.05) is 0 Å².